The average Bonchev–Trinajstić information content (AvgIpc) is 2.44. The van der Waals surface area contributed by atoms with Gasteiger partial charge in [-0.15, -0.1) is 0 Å². The van der Waals surface area contributed by atoms with Crippen LogP contribution in [-0.2, 0) is 0 Å². The molecule has 0 unspecified atom stereocenters. The van der Waals surface area contributed by atoms with Crippen molar-refractivity contribution in [2.75, 3.05) is 5.32 Å². The van der Waals surface area contributed by atoms with Gasteiger partial charge in [0.05, 0.1) is 0 Å². The number of amides is 3. The molecule has 0 saturated heterocycles. The highest BCUT2D eigenvalue weighted by molar-refractivity contribution is 5.94. The highest BCUT2D eigenvalue weighted by atomic mass is 16.2. The van der Waals surface area contributed by atoms with Crippen molar-refractivity contribution in [3.63, 3.8) is 0 Å². The first-order valence-corrected chi connectivity index (χ1v) is 7.50. The maximum Gasteiger partial charge on any atom is 0.319 e. The standard InChI is InChI=1S/C16H25N3O2/c1-3-4-5-6-7-12(2)18-16(21)19-14-10-8-13(9-11-14)15(17)20/h8-12H,3-7H2,1-2H3,(H2,17,20)(H2,18,19,21)/t12-/m1/s1. The Kier molecular flexibility index (Phi) is 7.29. The zero-order chi connectivity index (χ0) is 15.7. The van der Waals surface area contributed by atoms with Gasteiger partial charge in [0.1, 0.15) is 0 Å². The lowest BCUT2D eigenvalue weighted by molar-refractivity contribution is 0.100. The van der Waals surface area contributed by atoms with Crippen LogP contribution in [0, 0.1) is 0 Å². The number of rotatable bonds is 8. The Morgan fingerprint density at radius 3 is 2.38 bits per heavy atom. The zero-order valence-corrected chi connectivity index (χ0v) is 12.8. The van der Waals surface area contributed by atoms with Crippen molar-refractivity contribution in [2.45, 2.75) is 52.0 Å². The molecule has 5 nitrogen and oxygen atoms in total. The molecule has 1 aromatic rings. The molecule has 0 heterocycles. The third-order valence-corrected chi connectivity index (χ3v) is 3.30. The van der Waals surface area contributed by atoms with Crippen LogP contribution in [0.25, 0.3) is 0 Å². The summed E-state index contributed by atoms with van der Waals surface area (Å²) in [4.78, 5) is 22.8. The smallest absolute Gasteiger partial charge is 0.319 e. The van der Waals surface area contributed by atoms with Crippen molar-refractivity contribution in [1.82, 2.24) is 5.32 Å². The Morgan fingerprint density at radius 2 is 1.81 bits per heavy atom. The summed E-state index contributed by atoms with van der Waals surface area (Å²) in [5, 5.41) is 5.64. The third-order valence-electron chi connectivity index (χ3n) is 3.30. The van der Waals surface area contributed by atoms with Gasteiger partial charge in [0, 0.05) is 17.3 Å². The van der Waals surface area contributed by atoms with Crippen LogP contribution in [0.4, 0.5) is 10.5 Å². The summed E-state index contributed by atoms with van der Waals surface area (Å²) in [5.41, 5.74) is 6.22. The molecule has 0 fully saturated rings. The molecule has 0 aliphatic carbocycles. The Labute approximate surface area is 126 Å². The lowest BCUT2D eigenvalue weighted by atomic mass is 10.1. The Morgan fingerprint density at radius 1 is 1.14 bits per heavy atom. The van der Waals surface area contributed by atoms with E-state index >= 15 is 0 Å². The maximum atomic E-state index is 11.8. The van der Waals surface area contributed by atoms with Crippen molar-refractivity contribution in [3.8, 4) is 0 Å². The number of nitrogens with two attached hydrogens (primary N) is 1. The van der Waals surface area contributed by atoms with E-state index in [-0.39, 0.29) is 12.1 Å². The molecule has 0 aliphatic heterocycles. The van der Waals surface area contributed by atoms with E-state index in [0.29, 0.717) is 11.3 Å². The van der Waals surface area contributed by atoms with Crippen LogP contribution in [0.1, 0.15) is 56.3 Å². The first-order valence-electron chi connectivity index (χ1n) is 7.50. The number of anilines is 1. The molecule has 1 aromatic carbocycles. The minimum atomic E-state index is -0.480. The number of hydrogen-bond donors (Lipinski definition) is 3. The van der Waals surface area contributed by atoms with E-state index in [9.17, 15) is 9.59 Å². The fourth-order valence-electron chi connectivity index (χ4n) is 2.06. The van der Waals surface area contributed by atoms with Crippen LogP contribution in [0.5, 0.6) is 0 Å². The van der Waals surface area contributed by atoms with Gasteiger partial charge in [-0.05, 0) is 37.6 Å². The van der Waals surface area contributed by atoms with Gasteiger partial charge >= 0.3 is 6.03 Å². The van der Waals surface area contributed by atoms with E-state index in [4.69, 9.17) is 5.73 Å². The van der Waals surface area contributed by atoms with E-state index in [1.807, 2.05) is 6.92 Å². The van der Waals surface area contributed by atoms with Crippen LogP contribution in [0.2, 0.25) is 0 Å². The van der Waals surface area contributed by atoms with E-state index in [1.54, 1.807) is 24.3 Å². The maximum absolute atomic E-state index is 11.8. The first kappa shape index (κ1) is 17.0. The number of hydrogen-bond acceptors (Lipinski definition) is 2. The van der Waals surface area contributed by atoms with Crippen molar-refractivity contribution >= 4 is 17.6 Å². The summed E-state index contributed by atoms with van der Waals surface area (Å²) in [6.45, 7) is 4.18. The second-order valence-corrected chi connectivity index (χ2v) is 5.29. The lowest BCUT2D eigenvalue weighted by Gasteiger charge is -2.14. The molecule has 4 N–H and O–H groups in total. The molecule has 1 atom stereocenters. The Bertz CT molecular complexity index is 457. The summed E-state index contributed by atoms with van der Waals surface area (Å²) >= 11 is 0. The molecular formula is C16H25N3O2. The lowest BCUT2D eigenvalue weighted by Crippen LogP contribution is -2.36. The molecule has 1 rings (SSSR count). The molecule has 5 heteroatoms. The normalized spacial score (nSPS) is 11.7. The molecule has 3 amide bonds. The zero-order valence-electron chi connectivity index (χ0n) is 12.8. The molecule has 0 aliphatic rings. The van der Waals surface area contributed by atoms with E-state index in [1.165, 1.54) is 19.3 Å². The van der Waals surface area contributed by atoms with E-state index in [0.717, 1.165) is 12.8 Å². The predicted molar refractivity (Wildman–Crippen MR) is 85.3 cm³/mol. The van der Waals surface area contributed by atoms with Crippen molar-refractivity contribution in [3.05, 3.63) is 29.8 Å². The minimum Gasteiger partial charge on any atom is -0.366 e. The predicted octanol–water partition coefficient (Wildman–Crippen LogP) is 3.27. The number of unbranched alkanes of at least 4 members (excludes halogenated alkanes) is 3. The fourth-order valence-corrected chi connectivity index (χ4v) is 2.06. The highest BCUT2D eigenvalue weighted by Gasteiger charge is 2.07. The molecule has 0 bridgehead atoms. The number of nitrogens with one attached hydrogen (secondary N) is 2. The van der Waals surface area contributed by atoms with Gasteiger partial charge in [-0.25, -0.2) is 4.79 Å². The third kappa shape index (κ3) is 6.79. The van der Waals surface area contributed by atoms with E-state index in [2.05, 4.69) is 17.6 Å². The SMILES string of the molecule is CCCCCC[C@@H](C)NC(=O)Nc1ccc(C(N)=O)cc1. The van der Waals surface area contributed by atoms with Gasteiger partial charge in [-0.1, -0.05) is 32.6 Å². The van der Waals surface area contributed by atoms with Gasteiger partial charge in [0.25, 0.3) is 0 Å². The van der Waals surface area contributed by atoms with Gasteiger partial charge in [0.15, 0.2) is 0 Å². The summed E-state index contributed by atoms with van der Waals surface area (Å²) in [6.07, 6.45) is 5.77. The minimum absolute atomic E-state index is 0.145. The molecule has 0 radical (unpaired) electrons. The fraction of sp³-hybridized carbons (Fsp3) is 0.500. The number of carbonyl (C=O) groups excluding carboxylic acids is 2. The average molecular weight is 291 g/mol. The first-order chi connectivity index (χ1) is 10.0. The Hall–Kier alpha value is -2.04. The van der Waals surface area contributed by atoms with Crippen LogP contribution >= 0.6 is 0 Å². The van der Waals surface area contributed by atoms with Crippen LogP contribution < -0.4 is 16.4 Å². The highest BCUT2D eigenvalue weighted by Crippen LogP contribution is 2.09. The van der Waals surface area contributed by atoms with Gasteiger partial charge in [0.2, 0.25) is 5.91 Å². The van der Waals surface area contributed by atoms with Crippen LogP contribution in [0.15, 0.2) is 24.3 Å². The van der Waals surface area contributed by atoms with Crippen molar-refractivity contribution in [1.29, 1.82) is 0 Å². The molecule has 0 saturated carbocycles. The number of urea groups is 1. The summed E-state index contributed by atoms with van der Waals surface area (Å²) in [7, 11) is 0. The Balaban J connectivity index is 2.34. The topological polar surface area (TPSA) is 84.2 Å². The summed E-state index contributed by atoms with van der Waals surface area (Å²) in [6, 6.07) is 6.41. The van der Waals surface area contributed by atoms with Gasteiger partial charge < -0.3 is 16.4 Å². The van der Waals surface area contributed by atoms with Gasteiger partial charge in [-0.3, -0.25) is 4.79 Å². The second-order valence-electron chi connectivity index (χ2n) is 5.29. The number of benzene rings is 1. The van der Waals surface area contributed by atoms with Crippen LogP contribution in [-0.4, -0.2) is 18.0 Å². The molecule has 0 aromatic heterocycles. The molecule has 116 valence electrons. The van der Waals surface area contributed by atoms with Crippen molar-refractivity contribution < 1.29 is 9.59 Å². The molecule has 21 heavy (non-hydrogen) atoms. The second kappa shape index (κ2) is 9.00. The molecule has 0 spiro atoms. The van der Waals surface area contributed by atoms with Gasteiger partial charge in [-0.2, -0.15) is 0 Å². The summed E-state index contributed by atoms with van der Waals surface area (Å²) < 4.78 is 0. The number of carbonyl (C=O) groups is 2. The van der Waals surface area contributed by atoms with Crippen LogP contribution in [0.3, 0.4) is 0 Å². The molecular weight excluding hydrogens is 266 g/mol. The monoisotopic (exact) mass is 291 g/mol. The summed E-state index contributed by atoms with van der Waals surface area (Å²) in [5.74, 6) is -0.480. The van der Waals surface area contributed by atoms with E-state index < -0.39 is 5.91 Å². The largest absolute Gasteiger partial charge is 0.366 e. The van der Waals surface area contributed by atoms with Crippen molar-refractivity contribution in [2.24, 2.45) is 5.73 Å². The quantitative estimate of drug-likeness (QED) is 0.642. The number of primary amides is 1.